The zero-order chi connectivity index (χ0) is 16.2. The summed E-state index contributed by atoms with van der Waals surface area (Å²) in [4.78, 5) is 0. The van der Waals surface area contributed by atoms with Gasteiger partial charge in [0, 0.05) is 35.4 Å². The van der Waals surface area contributed by atoms with Gasteiger partial charge in [-0.25, -0.2) is 0 Å². The molecule has 0 amide bonds. The molecule has 0 aliphatic carbocycles. The number of unbranched alkanes of at least 4 members (excludes halogenated alkanes) is 7. The Morgan fingerprint density at radius 2 is 0.857 bits per heavy atom. The Labute approximate surface area is 135 Å². The van der Waals surface area contributed by atoms with Gasteiger partial charge in [-0.2, -0.15) is 0 Å². The van der Waals surface area contributed by atoms with E-state index in [-0.39, 0.29) is 0 Å². The molecule has 128 valence electrons. The van der Waals surface area contributed by atoms with Crippen LogP contribution in [0.4, 0.5) is 0 Å². The molecule has 0 spiro atoms. The lowest BCUT2D eigenvalue weighted by Crippen LogP contribution is -2.42. The molecule has 21 heavy (non-hydrogen) atoms. The van der Waals surface area contributed by atoms with E-state index in [0.717, 1.165) is 12.5 Å². The maximum atomic E-state index is 5.43. The molecule has 0 aliphatic heterocycles. The topological polar surface area (TPSA) is 27.7 Å². The molecule has 3 nitrogen and oxygen atoms in total. The normalized spacial score (nSPS) is 12.9. The number of hydrogen-bond acceptors (Lipinski definition) is 3. The van der Waals surface area contributed by atoms with Gasteiger partial charge >= 0.3 is 8.80 Å². The van der Waals surface area contributed by atoms with Crippen molar-refractivity contribution in [3.05, 3.63) is 0 Å². The monoisotopic (exact) mass is 334 g/mol. The van der Waals surface area contributed by atoms with Crippen molar-refractivity contribution in [1.82, 2.24) is 0 Å². The minimum atomic E-state index is -2.32. The lowest BCUT2D eigenvalue weighted by molar-refractivity contribution is 0.122. The highest BCUT2D eigenvalue weighted by atomic mass is 28.4. The van der Waals surface area contributed by atoms with Gasteiger partial charge in [0.15, 0.2) is 0 Å². The van der Waals surface area contributed by atoms with Crippen LogP contribution in [-0.2, 0) is 13.3 Å². The Kier molecular flexibility index (Phi) is 12.0. The third-order valence-corrected chi connectivity index (χ3v) is 8.78. The van der Waals surface area contributed by atoms with Crippen LogP contribution >= 0.6 is 0 Å². The highest BCUT2D eigenvalue weighted by Gasteiger charge is 2.36. The van der Waals surface area contributed by atoms with Crippen molar-refractivity contribution in [1.29, 1.82) is 0 Å². The molecule has 0 rings (SSSR count). The van der Waals surface area contributed by atoms with Crippen molar-refractivity contribution in [3.63, 3.8) is 0 Å². The summed E-state index contributed by atoms with van der Waals surface area (Å²) in [6.07, 6.45) is 10.8. The summed E-state index contributed by atoms with van der Waals surface area (Å²) < 4.78 is 16.3. The summed E-state index contributed by atoms with van der Waals surface area (Å²) in [6, 6.07) is 2.43. The molecule has 0 aliphatic rings. The van der Waals surface area contributed by atoms with Gasteiger partial charge in [0.05, 0.1) is 0 Å². The highest BCUT2D eigenvalue weighted by Crippen LogP contribution is 2.19. The molecule has 0 N–H and O–H groups in total. The fourth-order valence-electron chi connectivity index (χ4n) is 2.61. The van der Waals surface area contributed by atoms with E-state index >= 15 is 0 Å². The molecule has 0 aromatic rings. The molecule has 5 heteroatoms. The molecule has 0 saturated heterocycles. The largest absolute Gasteiger partial charge is 0.500 e. The lowest BCUT2D eigenvalue weighted by atomic mass is 10.1. The van der Waals surface area contributed by atoms with Crippen LogP contribution in [0.2, 0.25) is 31.7 Å². The lowest BCUT2D eigenvalue weighted by Gasteiger charge is -2.24. The predicted molar refractivity (Wildman–Crippen MR) is 96.7 cm³/mol. The van der Waals surface area contributed by atoms with Gasteiger partial charge in [-0.1, -0.05) is 70.6 Å². The fraction of sp³-hybridized carbons (Fsp3) is 1.00. The van der Waals surface area contributed by atoms with Gasteiger partial charge in [-0.3, -0.25) is 0 Å². The summed E-state index contributed by atoms with van der Waals surface area (Å²) in [5, 5.41) is 0. The molecule has 0 unspecified atom stereocenters. The summed E-state index contributed by atoms with van der Waals surface area (Å²) in [6.45, 7) is 7.41. The smallest absolute Gasteiger partial charge is 0.377 e. The van der Waals surface area contributed by atoms with Crippen LogP contribution in [0.1, 0.15) is 51.4 Å². The standard InChI is InChI=1S/C16H38O3Si2/c1-17-21(18-2,19-3)16-14-12-10-8-7-9-11-13-15-20(4,5)6/h7-16H2,1-6H3. The maximum absolute atomic E-state index is 5.43. The third-order valence-electron chi connectivity index (χ3n) is 4.09. The van der Waals surface area contributed by atoms with Gasteiger partial charge in [0.2, 0.25) is 0 Å². The maximum Gasteiger partial charge on any atom is 0.500 e. The molecule has 0 heterocycles. The Balaban J connectivity index is 3.41. The van der Waals surface area contributed by atoms with Crippen LogP contribution in [0.25, 0.3) is 0 Å². The molecule has 0 aromatic carbocycles. The second-order valence-electron chi connectivity index (χ2n) is 7.18. The first kappa shape index (κ1) is 21.3. The first-order valence-corrected chi connectivity index (χ1v) is 14.2. The van der Waals surface area contributed by atoms with Crippen LogP contribution in [0.3, 0.4) is 0 Å². The van der Waals surface area contributed by atoms with E-state index in [1.807, 2.05) is 0 Å². The Morgan fingerprint density at radius 3 is 1.19 bits per heavy atom. The van der Waals surface area contributed by atoms with Gasteiger partial charge in [0.1, 0.15) is 0 Å². The first-order chi connectivity index (χ1) is 9.89. The predicted octanol–water partition coefficient (Wildman–Crippen LogP) is 5.32. The van der Waals surface area contributed by atoms with E-state index < -0.39 is 16.9 Å². The zero-order valence-electron chi connectivity index (χ0n) is 15.3. The van der Waals surface area contributed by atoms with E-state index in [1.165, 1.54) is 51.0 Å². The molecule has 0 radical (unpaired) electrons. The molecule has 0 aromatic heterocycles. The molecular weight excluding hydrogens is 296 g/mol. The second-order valence-corrected chi connectivity index (χ2v) is 15.9. The quantitative estimate of drug-likeness (QED) is 0.318. The van der Waals surface area contributed by atoms with Gasteiger partial charge < -0.3 is 13.3 Å². The molecule has 0 atom stereocenters. The van der Waals surface area contributed by atoms with Crippen LogP contribution < -0.4 is 0 Å². The van der Waals surface area contributed by atoms with Crippen molar-refractivity contribution in [2.75, 3.05) is 21.3 Å². The van der Waals surface area contributed by atoms with Crippen LogP contribution in [0, 0.1) is 0 Å². The third kappa shape index (κ3) is 11.5. The molecule has 0 fully saturated rings. The van der Waals surface area contributed by atoms with E-state index in [1.54, 1.807) is 21.3 Å². The van der Waals surface area contributed by atoms with E-state index in [4.69, 9.17) is 13.3 Å². The summed E-state index contributed by atoms with van der Waals surface area (Å²) >= 11 is 0. The van der Waals surface area contributed by atoms with E-state index in [2.05, 4.69) is 19.6 Å². The molecular formula is C16H38O3Si2. The van der Waals surface area contributed by atoms with Crippen molar-refractivity contribution in [3.8, 4) is 0 Å². The van der Waals surface area contributed by atoms with E-state index in [0.29, 0.717) is 0 Å². The minimum absolute atomic E-state index is 0.804. The molecule has 0 bridgehead atoms. The van der Waals surface area contributed by atoms with Crippen LogP contribution in [0.15, 0.2) is 0 Å². The second kappa shape index (κ2) is 11.8. The van der Waals surface area contributed by atoms with Crippen molar-refractivity contribution < 1.29 is 13.3 Å². The van der Waals surface area contributed by atoms with E-state index in [9.17, 15) is 0 Å². The van der Waals surface area contributed by atoms with Gasteiger partial charge in [-0.15, -0.1) is 0 Å². The highest BCUT2D eigenvalue weighted by molar-refractivity contribution is 6.76. The van der Waals surface area contributed by atoms with Gasteiger partial charge in [0.25, 0.3) is 0 Å². The van der Waals surface area contributed by atoms with Crippen LogP contribution in [-0.4, -0.2) is 38.2 Å². The van der Waals surface area contributed by atoms with Crippen molar-refractivity contribution in [2.45, 2.75) is 83.1 Å². The fourth-order valence-corrected chi connectivity index (χ4v) is 5.72. The zero-order valence-corrected chi connectivity index (χ0v) is 17.3. The average Bonchev–Trinajstić information content (AvgIpc) is 2.44. The minimum Gasteiger partial charge on any atom is -0.377 e. The number of rotatable bonds is 14. The van der Waals surface area contributed by atoms with Crippen molar-refractivity contribution >= 4 is 16.9 Å². The molecule has 0 saturated carbocycles. The van der Waals surface area contributed by atoms with Gasteiger partial charge in [-0.05, 0) is 6.42 Å². The Hall–Kier alpha value is 0.314. The summed E-state index contributed by atoms with van der Waals surface area (Å²) in [5.41, 5.74) is 0. The Morgan fingerprint density at radius 1 is 0.524 bits per heavy atom. The first-order valence-electron chi connectivity index (χ1n) is 8.54. The Bertz CT molecular complexity index is 230. The van der Waals surface area contributed by atoms with Crippen molar-refractivity contribution in [2.24, 2.45) is 0 Å². The summed E-state index contributed by atoms with van der Waals surface area (Å²) in [5.74, 6) is 0. The summed E-state index contributed by atoms with van der Waals surface area (Å²) in [7, 11) is 1.96. The number of hydrogen-bond donors (Lipinski definition) is 0. The SMILES string of the molecule is CO[Si](CCCCCCCCCC[Si](C)(C)C)(OC)OC. The average molecular weight is 335 g/mol. The van der Waals surface area contributed by atoms with Crippen LogP contribution in [0.5, 0.6) is 0 Å².